The maximum atomic E-state index is 2.21. The summed E-state index contributed by atoms with van der Waals surface area (Å²) in [5, 5.41) is 12.1. The van der Waals surface area contributed by atoms with Crippen molar-refractivity contribution in [3.05, 3.63) is 95.7 Å². The molecule has 0 atom stereocenters. The van der Waals surface area contributed by atoms with Crippen molar-refractivity contribution in [1.29, 1.82) is 0 Å². The van der Waals surface area contributed by atoms with E-state index in [1.807, 2.05) is 22.9 Å². The SMILES string of the molecule is c1ccc2c(c1)c1ccccc1c1ccccc21.c1ccsc1. The molecule has 5 aromatic rings. The zero-order chi connectivity index (χ0) is 15.5. The van der Waals surface area contributed by atoms with E-state index in [1.54, 1.807) is 11.3 Å². The Kier molecular flexibility index (Phi) is 3.79. The molecule has 0 amide bonds. The Bertz CT molecular complexity index is 821. The average molecular weight is 312 g/mol. The highest BCUT2D eigenvalue weighted by molar-refractivity contribution is 7.07. The molecule has 5 rings (SSSR count). The van der Waals surface area contributed by atoms with E-state index in [9.17, 15) is 0 Å². The van der Waals surface area contributed by atoms with E-state index >= 15 is 0 Å². The summed E-state index contributed by atoms with van der Waals surface area (Å²) in [5.41, 5.74) is 0. The van der Waals surface area contributed by atoms with Crippen molar-refractivity contribution >= 4 is 43.7 Å². The third-order valence-corrected chi connectivity index (χ3v) is 4.71. The number of fused-ring (bicyclic) bond motifs is 6. The third-order valence-electron chi connectivity index (χ3n) is 4.08. The molecule has 0 radical (unpaired) electrons. The summed E-state index contributed by atoms with van der Waals surface area (Å²) < 4.78 is 0. The number of hydrogen-bond acceptors (Lipinski definition) is 1. The first-order valence-electron chi connectivity index (χ1n) is 7.70. The second-order valence-electron chi connectivity index (χ2n) is 5.43. The minimum Gasteiger partial charge on any atom is -0.152 e. The molecule has 4 aromatic carbocycles. The Hall–Kier alpha value is -2.64. The molecule has 0 aliphatic heterocycles. The first-order chi connectivity index (χ1) is 11.4. The quantitative estimate of drug-likeness (QED) is 0.273. The second-order valence-corrected chi connectivity index (χ2v) is 6.25. The normalized spacial score (nSPS) is 10.6. The van der Waals surface area contributed by atoms with Crippen molar-refractivity contribution in [2.75, 3.05) is 0 Å². The lowest BCUT2D eigenvalue weighted by atomic mass is 9.95. The molecule has 1 heterocycles. The maximum absolute atomic E-state index is 2.21. The van der Waals surface area contributed by atoms with Gasteiger partial charge in [-0.3, -0.25) is 0 Å². The predicted molar refractivity (Wildman–Crippen MR) is 103 cm³/mol. The van der Waals surface area contributed by atoms with Crippen LogP contribution >= 0.6 is 11.3 Å². The van der Waals surface area contributed by atoms with Crippen LogP contribution in [-0.2, 0) is 0 Å². The number of benzene rings is 4. The molecule has 0 N–H and O–H groups in total. The molecule has 23 heavy (non-hydrogen) atoms. The van der Waals surface area contributed by atoms with Crippen molar-refractivity contribution in [1.82, 2.24) is 0 Å². The highest BCUT2D eigenvalue weighted by Gasteiger charge is 2.06. The van der Waals surface area contributed by atoms with Crippen molar-refractivity contribution in [2.45, 2.75) is 0 Å². The minimum atomic E-state index is 1.34. The van der Waals surface area contributed by atoms with Gasteiger partial charge in [-0.15, -0.1) is 0 Å². The topological polar surface area (TPSA) is 0 Å². The summed E-state index contributed by atoms with van der Waals surface area (Å²) >= 11 is 1.71. The average Bonchev–Trinajstić information content (AvgIpc) is 3.22. The number of thiophene rings is 1. The second kappa shape index (κ2) is 6.23. The predicted octanol–water partition coefficient (Wildman–Crippen LogP) is 6.89. The van der Waals surface area contributed by atoms with E-state index in [0.29, 0.717) is 0 Å². The van der Waals surface area contributed by atoms with Crippen LogP contribution in [0.25, 0.3) is 32.3 Å². The maximum Gasteiger partial charge on any atom is -0.00934 e. The van der Waals surface area contributed by atoms with E-state index in [-0.39, 0.29) is 0 Å². The summed E-state index contributed by atoms with van der Waals surface area (Å²) in [7, 11) is 0. The molecule has 0 aliphatic rings. The van der Waals surface area contributed by atoms with Crippen molar-refractivity contribution in [3.63, 3.8) is 0 Å². The first kappa shape index (κ1) is 14.0. The molecule has 0 spiro atoms. The van der Waals surface area contributed by atoms with Crippen LogP contribution in [0.1, 0.15) is 0 Å². The molecule has 0 bridgehead atoms. The molecule has 1 heteroatoms. The van der Waals surface area contributed by atoms with Crippen LogP contribution in [0.4, 0.5) is 0 Å². The number of rotatable bonds is 0. The Balaban J connectivity index is 0.000000233. The molecular weight excluding hydrogens is 296 g/mol. The van der Waals surface area contributed by atoms with Crippen LogP contribution in [0, 0.1) is 0 Å². The van der Waals surface area contributed by atoms with Crippen LogP contribution in [0.15, 0.2) is 95.7 Å². The van der Waals surface area contributed by atoms with Gasteiger partial charge < -0.3 is 0 Å². The minimum absolute atomic E-state index is 1.34. The fourth-order valence-electron chi connectivity index (χ4n) is 3.09. The van der Waals surface area contributed by atoms with Gasteiger partial charge in [-0.05, 0) is 43.1 Å². The standard InChI is InChI=1S/C18H12.C4H4S/c1-2-8-14-13(7-1)15-9-3-4-11-17(15)18-12-6-5-10-16(14)18;1-2-4-5-3-1/h1-12H;1-4H. The van der Waals surface area contributed by atoms with Gasteiger partial charge in [0.05, 0.1) is 0 Å². The molecule has 0 aliphatic carbocycles. The highest BCUT2D eigenvalue weighted by atomic mass is 32.1. The zero-order valence-corrected chi connectivity index (χ0v) is 13.5. The van der Waals surface area contributed by atoms with E-state index in [2.05, 4.69) is 72.8 Å². The van der Waals surface area contributed by atoms with Gasteiger partial charge in [0.25, 0.3) is 0 Å². The molecular formula is C22H16S. The molecule has 0 saturated heterocycles. The molecule has 0 nitrogen and oxygen atoms in total. The molecule has 0 fully saturated rings. The highest BCUT2D eigenvalue weighted by Crippen LogP contribution is 2.34. The number of hydrogen-bond donors (Lipinski definition) is 0. The van der Waals surface area contributed by atoms with Crippen LogP contribution in [0.3, 0.4) is 0 Å². The summed E-state index contributed by atoms with van der Waals surface area (Å²) in [6.45, 7) is 0. The lowest BCUT2D eigenvalue weighted by Crippen LogP contribution is -1.81. The summed E-state index contributed by atoms with van der Waals surface area (Å²) in [6, 6.07) is 30.0. The smallest absolute Gasteiger partial charge is 0.00934 e. The largest absolute Gasteiger partial charge is 0.152 e. The Morgan fingerprint density at radius 1 is 0.348 bits per heavy atom. The van der Waals surface area contributed by atoms with Gasteiger partial charge in [0.2, 0.25) is 0 Å². The third kappa shape index (κ3) is 2.60. The van der Waals surface area contributed by atoms with Crippen LogP contribution < -0.4 is 0 Å². The van der Waals surface area contributed by atoms with Crippen molar-refractivity contribution in [3.8, 4) is 0 Å². The van der Waals surface area contributed by atoms with E-state index in [4.69, 9.17) is 0 Å². The van der Waals surface area contributed by atoms with Gasteiger partial charge in [-0.25, -0.2) is 0 Å². The first-order valence-corrected chi connectivity index (χ1v) is 8.65. The lowest BCUT2D eigenvalue weighted by molar-refractivity contribution is 1.77. The van der Waals surface area contributed by atoms with Crippen molar-refractivity contribution in [2.24, 2.45) is 0 Å². The Morgan fingerprint density at radius 3 is 0.783 bits per heavy atom. The van der Waals surface area contributed by atoms with Crippen LogP contribution in [-0.4, -0.2) is 0 Å². The molecule has 110 valence electrons. The molecule has 0 saturated carbocycles. The summed E-state index contributed by atoms with van der Waals surface area (Å²) in [4.78, 5) is 0. The van der Waals surface area contributed by atoms with Crippen LogP contribution in [0.5, 0.6) is 0 Å². The molecule has 0 unspecified atom stereocenters. The molecule has 1 aromatic heterocycles. The fourth-order valence-corrected chi connectivity index (χ4v) is 3.54. The van der Waals surface area contributed by atoms with Gasteiger partial charge in [0.1, 0.15) is 0 Å². The van der Waals surface area contributed by atoms with Crippen molar-refractivity contribution < 1.29 is 0 Å². The van der Waals surface area contributed by atoms with E-state index in [0.717, 1.165) is 0 Å². The summed E-state index contributed by atoms with van der Waals surface area (Å²) in [6.07, 6.45) is 0. The van der Waals surface area contributed by atoms with Gasteiger partial charge in [0.15, 0.2) is 0 Å². The summed E-state index contributed by atoms with van der Waals surface area (Å²) in [5.74, 6) is 0. The van der Waals surface area contributed by atoms with Gasteiger partial charge in [-0.1, -0.05) is 84.9 Å². The fraction of sp³-hybridized carbons (Fsp3) is 0. The van der Waals surface area contributed by atoms with Crippen LogP contribution in [0.2, 0.25) is 0 Å². The zero-order valence-electron chi connectivity index (χ0n) is 12.6. The Labute approximate surface area is 139 Å². The lowest BCUT2D eigenvalue weighted by Gasteiger charge is -2.09. The monoisotopic (exact) mass is 312 g/mol. The van der Waals surface area contributed by atoms with E-state index < -0.39 is 0 Å². The van der Waals surface area contributed by atoms with E-state index in [1.165, 1.54) is 32.3 Å². The Morgan fingerprint density at radius 2 is 0.609 bits per heavy atom. The van der Waals surface area contributed by atoms with Gasteiger partial charge in [0, 0.05) is 0 Å². The van der Waals surface area contributed by atoms with Gasteiger partial charge in [-0.2, -0.15) is 11.3 Å². The van der Waals surface area contributed by atoms with Gasteiger partial charge >= 0.3 is 0 Å².